The fourth-order valence-electron chi connectivity index (χ4n) is 5.09. The van der Waals surface area contributed by atoms with E-state index in [4.69, 9.17) is 4.78 Å². The van der Waals surface area contributed by atoms with Crippen molar-refractivity contribution in [1.82, 2.24) is 9.97 Å². The second-order valence-electron chi connectivity index (χ2n) is 10.5. The third kappa shape index (κ3) is 5.27. The van der Waals surface area contributed by atoms with E-state index < -0.39 is 16.3 Å². The van der Waals surface area contributed by atoms with Crippen LogP contribution in [-0.4, -0.2) is 47.7 Å². The quantitative estimate of drug-likeness (QED) is 0.571. The summed E-state index contributed by atoms with van der Waals surface area (Å²) >= 11 is 0. The van der Waals surface area contributed by atoms with Gasteiger partial charge in [0.15, 0.2) is 0 Å². The highest BCUT2D eigenvalue weighted by Gasteiger charge is 2.44. The van der Waals surface area contributed by atoms with Gasteiger partial charge in [0, 0.05) is 43.6 Å². The minimum Gasteiger partial charge on any atom is -0.440 e. The number of alkyl halides is 1. The Morgan fingerprint density at radius 2 is 1.69 bits per heavy atom. The lowest BCUT2D eigenvalue weighted by molar-refractivity contribution is 0.102. The van der Waals surface area contributed by atoms with Gasteiger partial charge in [-0.2, -0.15) is 15.6 Å². The highest BCUT2D eigenvalue weighted by atomic mass is 32.2. The van der Waals surface area contributed by atoms with E-state index in [0.29, 0.717) is 65.0 Å². The molecule has 1 amide bonds. The highest BCUT2D eigenvalue weighted by molar-refractivity contribution is 7.73. The summed E-state index contributed by atoms with van der Waals surface area (Å²) in [7, 11) is -1.88. The second-order valence-corrected chi connectivity index (χ2v) is 11.5. The molecule has 1 spiro atoms. The number of nitrogens with one attached hydrogen (secondary N) is 2. The summed E-state index contributed by atoms with van der Waals surface area (Å²) in [6, 6.07) is 6.65. The largest absolute Gasteiger partial charge is 0.440 e. The summed E-state index contributed by atoms with van der Waals surface area (Å²) in [5.41, 5.74) is 1.20. The molecule has 10 heteroatoms. The van der Waals surface area contributed by atoms with Gasteiger partial charge in [-0.3, -0.25) is 4.79 Å². The molecule has 2 N–H and O–H groups in total. The first kappa shape index (κ1) is 24.0. The summed E-state index contributed by atoms with van der Waals surface area (Å²) in [6.45, 7) is 6.20. The van der Waals surface area contributed by atoms with Crippen LogP contribution in [0.25, 0.3) is 0 Å². The molecule has 3 aliphatic rings. The highest BCUT2D eigenvalue weighted by Crippen LogP contribution is 2.54. The van der Waals surface area contributed by atoms with Gasteiger partial charge in [0.1, 0.15) is 11.5 Å². The Bertz CT molecular complexity index is 1200. The van der Waals surface area contributed by atoms with Gasteiger partial charge < -0.3 is 24.1 Å². The lowest BCUT2D eigenvalue weighted by Gasteiger charge is -2.35. The minimum atomic E-state index is -1.88. The molecule has 1 aromatic heterocycles. The minimum absolute atomic E-state index is 0.312. The molecule has 35 heavy (non-hydrogen) atoms. The number of amides is 1. The number of halogens is 1. The van der Waals surface area contributed by atoms with Crippen molar-refractivity contribution >= 4 is 34.0 Å². The van der Waals surface area contributed by atoms with Gasteiger partial charge in [-0.25, -0.2) is 9.37 Å². The zero-order chi connectivity index (χ0) is 24.8. The fraction of sp³-hybridized carbons (Fsp3) is 0.560. The molecule has 8 nitrogen and oxygen atoms in total. The number of rotatable bonds is 5. The van der Waals surface area contributed by atoms with Crippen LogP contribution in [0.3, 0.4) is 0 Å². The Balaban J connectivity index is 1.38. The van der Waals surface area contributed by atoms with E-state index in [1.165, 1.54) is 12.8 Å². The number of carbonyl (C=O) groups is 1. The van der Waals surface area contributed by atoms with Gasteiger partial charge in [-0.05, 0) is 63.9 Å². The molecule has 0 atom stereocenters. The van der Waals surface area contributed by atoms with Gasteiger partial charge in [0.25, 0.3) is 5.91 Å². The molecule has 5 rings (SSSR count). The lowest BCUT2D eigenvalue weighted by Crippen LogP contribution is -2.41. The molecule has 0 radical (unpaired) electrons. The molecule has 2 saturated heterocycles. The fourth-order valence-corrected chi connectivity index (χ4v) is 5.50. The Kier molecular flexibility index (Phi) is 6.19. The number of benzene rings is 1. The maximum Gasteiger partial charge on any atom is 0.258 e. The van der Waals surface area contributed by atoms with Crippen LogP contribution in [0, 0.1) is 17.1 Å². The van der Waals surface area contributed by atoms with Gasteiger partial charge in [-0.15, -0.1) is 0 Å². The maximum atomic E-state index is 14.2. The predicted molar refractivity (Wildman–Crippen MR) is 134 cm³/mol. The van der Waals surface area contributed by atoms with Crippen molar-refractivity contribution in [3.8, 4) is 0 Å². The van der Waals surface area contributed by atoms with Crippen LogP contribution in [0.4, 0.5) is 21.8 Å². The summed E-state index contributed by atoms with van der Waals surface area (Å²) < 4.78 is 33.7. The van der Waals surface area contributed by atoms with E-state index in [-0.39, 0.29) is 5.91 Å². The molecule has 3 heterocycles. The summed E-state index contributed by atoms with van der Waals surface area (Å²) in [5, 5.41) is 2.91. The summed E-state index contributed by atoms with van der Waals surface area (Å²) in [6.07, 6.45) is 5.56. The number of anilines is 3. The zero-order valence-corrected chi connectivity index (χ0v) is 21.1. The van der Waals surface area contributed by atoms with E-state index in [1.807, 2.05) is 11.8 Å². The van der Waals surface area contributed by atoms with Gasteiger partial charge in [0.2, 0.25) is 5.95 Å². The van der Waals surface area contributed by atoms with Crippen LogP contribution in [0.1, 0.15) is 61.5 Å². The van der Waals surface area contributed by atoms with E-state index in [1.54, 1.807) is 31.2 Å². The first-order chi connectivity index (χ1) is 16.6. The predicted octanol–water partition coefficient (Wildman–Crippen LogP) is 4.83. The average Bonchev–Trinajstić information content (AvgIpc) is 3.57. The van der Waals surface area contributed by atoms with Crippen LogP contribution in [0.2, 0.25) is 0 Å². The number of aromatic nitrogens is 2. The first-order valence-electron chi connectivity index (χ1n) is 12.3. The molecule has 188 valence electrons. The maximum absolute atomic E-state index is 14.2. The topological polar surface area (TPSA) is 102 Å². The second kappa shape index (κ2) is 9.04. The lowest BCUT2D eigenvalue weighted by atomic mass is 9.93. The monoisotopic (exact) mass is 499 g/mol. The van der Waals surface area contributed by atoms with Crippen molar-refractivity contribution in [2.24, 2.45) is 5.41 Å². The van der Waals surface area contributed by atoms with Crippen molar-refractivity contribution < 1.29 is 13.4 Å². The SMILES string of the molecule is Cc1cc(NC(=O)c2ccc([S-](=N)=O)cc2N2CCC3(CC2)CC3)nc(N2CCC(C)(F)CC2)n1. The standard InChI is InChI=1S/C25H32FN6O2S/c1-17-15-21(30-23(28-17)32-11-7-24(2,26)8-12-32)29-22(33)19-4-3-18(35(27)34)16-20(19)31-13-9-25(5-6-25)10-14-31/h3-4,15-16,27H,5-14H2,1-2H3,(H,28,29,30,33)/q-1. The molecule has 2 aromatic rings. The number of hydrogen-bond donors (Lipinski definition) is 2. The molecule has 2 aliphatic heterocycles. The molecule has 1 aromatic carbocycles. The van der Waals surface area contributed by atoms with Crippen molar-refractivity contribution in [1.29, 1.82) is 4.78 Å². The molecule has 1 saturated carbocycles. The van der Waals surface area contributed by atoms with Crippen molar-refractivity contribution in [2.45, 2.75) is 62.9 Å². The summed E-state index contributed by atoms with van der Waals surface area (Å²) in [4.78, 5) is 27.0. The van der Waals surface area contributed by atoms with E-state index in [9.17, 15) is 13.4 Å². The normalized spacial score (nSPS) is 20.8. The number of piperidine rings is 2. The van der Waals surface area contributed by atoms with Crippen LogP contribution >= 0.6 is 0 Å². The van der Waals surface area contributed by atoms with Crippen molar-refractivity contribution in [3.63, 3.8) is 0 Å². The summed E-state index contributed by atoms with van der Waals surface area (Å²) in [5.74, 6) is 0.565. The Morgan fingerprint density at radius 1 is 1.03 bits per heavy atom. The van der Waals surface area contributed by atoms with E-state index in [2.05, 4.69) is 20.2 Å². The van der Waals surface area contributed by atoms with Gasteiger partial charge >= 0.3 is 0 Å². The molecule has 1 aliphatic carbocycles. The molecule has 0 unspecified atom stereocenters. The van der Waals surface area contributed by atoms with E-state index in [0.717, 1.165) is 25.9 Å². The van der Waals surface area contributed by atoms with Crippen LogP contribution in [0.5, 0.6) is 0 Å². The van der Waals surface area contributed by atoms with Crippen LogP contribution in [0.15, 0.2) is 29.2 Å². The molecular formula is C25H32FN6O2S-. The smallest absolute Gasteiger partial charge is 0.258 e. The molecule has 0 bridgehead atoms. The average molecular weight is 500 g/mol. The Labute approximate surface area is 207 Å². The van der Waals surface area contributed by atoms with E-state index >= 15 is 0 Å². The Hall–Kier alpha value is -2.75. The third-order valence-corrected chi connectivity index (χ3v) is 8.40. The number of aryl methyl sites for hydroxylation is 1. The zero-order valence-electron chi connectivity index (χ0n) is 20.3. The van der Waals surface area contributed by atoms with Gasteiger partial charge in [0.05, 0.1) is 5.56 Å². The molecule has 3 fully saturated rings. The van der Waals surface area contributed by atoms with Crippen LogP contribution in [-0.2, 0) is 14.8 Å². The Morgan fingerprint density at radius 3 is 2.31 bits per heavy atom. The molecular weight excluding hydrogens is 467 g/mol. The van der Waals surface area contributed by atoms with Crippen molar-refractivity contribution in [2.75, 3.05) is 41.3 Å². The number of hydrogen-bond acceptors (Lipinski definition) is 8. The number of carbonyl (C=O) groups excluding carboxylic acids is 1. The third-order valence-electron chi connectivity index (χ3n) is 7.72. The number of nitrogens with zero attached hydrogens (tertiary/aromatic N) is 4. The first-order valence-corrected chi connectivity index (χ1v) is 13.4. The van der Waals surface area contributed by atoms with Crippen molar-refractivity contribution in [3.05, 3.63) is 35.5 Å². The van der Waals surface area contributed by atoms with Gasteiger partial charge in [-0.1, -0.05) is 17.0 Å². The van der Waals surface area contributed by atoms with Crippen LogP contribution < -0.4 is 15.1 Å².